The minimum Gasteiger partial charge on any atom is -0.467 e. The second kappa shape index (κ2) is 4.67. The highest BCUT2D eigenvalue weighted by Gasteiger charge is 2.15. The fourth-order valence-electron chi connectivity index (χ4n) is 0.368. The van der Waals surface area contributed by atoms with Gasteiger partial charge in [-0.1, -0.05) is 0 Å². The Bertz CT molecular complexity index is 161. The summed E-state index contributed by atoms with van der Waals surface area (Å²) in [6.07, 6.45) is 1.15. The second-order valence-corrected chi connectivity index (χ2v) is 1.44. The molecule has 5 heteroatoms. The summed E-state index contributed by atoms with van der Waals surface area (Å²) in [7, 11) is 1.14. The number of hydrogen-bond donors (Lipinski definition) is 1. The van der Waals surface area contributed by atoms with E-state index in [2.05, 4.69) is 9.73 Å². The van der Waals surface area contributed by atoms with Crippen LogP contribution in [0.25, 0.3) is 0 Å². The minimum atomic E-state index is -1.12. The fraction of sp³-hybridized carbons (Fsp3) is 0.600. The number of isocyanates is 1. The number of ether oxygens (including phenoxy) is 1. The number of esters is 1. The molecule has 0 rings (SSSR count). The van der Waals surface area contributed by atoms with Crippen molar-refractivity contribution < 1.29 is 19.4 Å². The first-order chi connectivity index (χ1) is 4.76. The normalized spacial score (nSPS) is 11.4. The van der Waals surface area contributed by atoms with Crippen molar-refractivity contribution in [3.63, 3.8) is 0 Å². The monoisotopic (exact) mass is 145 g/mol. The van der Waals surface area contributed by atoms with Crippen LogP contribution in [0.15, 0.2) is 4.99 Å². The lowest BCUT2D eigenvalue weighted by Crippen LogP contribution is -2.23. The van der Waals surface area contributed by atoms with Crippen LogP contribution in [0.3, 0.4) is 0 Å². The van der Waals surface area contributed by atoms with E-state index in [0.717, 1.165) is 13.2 Å². The van der Waals surface area contributed by atoms with Gasteiger partial charge in [-0.3, -0.25) is 0 Å². The SMILES string of the molecule is COC(=O)C(CO)N=C=O. The van der Waals surface area contributed by atoms with E-state index in [0.29, 0.717) is 0 Å². The molecule has 1 atom stereocenters. The van der Waals surface area contributed by atoms with E-state index in [9.17, 15) is 9.59 Å². The summed E-state index contributed by atoms with van der Waals surface area (Å²) in [5.74, 6) is -0.745. The number of methoxy groups -OCH3 is 1. The predicted molar refractivity (Wildman–Crippen MR) is 31.0 cm³/mol. The highest BCUT2D eigenvalue weighted by atomic mass is 16.5. The molecule has 0 bridgehead atoms. The Hall–Kier alpha value is -1.19. The molecule has 5 nitrogen and oxygen atoms in total. The standard InChI is InChI=1S/C5H7NO4/c1-10-5(9)4(2-7)6-3-8/h4,7H,2H2,1H3. The first kappa shape index (κ1) is 8.81. The average molecular weight is 145 g/mol. The Morgan fingerprint density at radius 1 is 1.90 bits per heavy atom. The Balaban J connectivity index is 4.05. The molecule has 1 N–H and O–H groups in total. The lowest BCUT2D eigenvalue weighted by Gasteiger charge is -2.01. The smallest absolute Gasteiger partial charge is 0.333 e. The molecule has 10 heavy (non-hydrogen) atoms. The summed E-state index contributed by atoms with van der Waals surface area (Å²) in [5.41, 5.74) is 0. The van der Waals surface area contributed by atoms with E-state index in [1.54, 1.807) is 0 Å². The predicted octanol–water partition coefficient (Wildman–Crippen LogP) is -1.14. The topological polar surface area (TPSA) is 76.0 Å². The molecule has 0 aliphatic heterocycles. The molecule has 0 aliphatic rings. The molecule has 0 radical (unpaired) electrons. The number of nitrogens with zero attached hydrogens (tertiary/aromatic N) is 1. The van der Waals surface area contributed by atoms with Crippen LogP contribution in [0.5, 0.6) is 0 Å². The van der Waals surface area contributed by atoms with Crippen LogP contribution in [0.4, 0.5) is 0 Å². The molecule has 0 fully saturated rings. The number of aliphatic hydroxyl groups is 1. The van der Waals surface area contributed by atoms with Crippen LogP contribution in [0, 0.1) is 0 Å². The van der Waals surface area contributed by atoms with E-state index < -0.39 is 18.6 Å². The number of aliphatic imine (C=N–C) groups is 1. The van der Waals surface area contributed by atoms with Crippen molar-refractivity contribution in [2.75, 3.05) is 13.7 Å². The summed E-state index contributed by atoms with van der Waals surface area (Å²) in [4.78, 5) is 23.0. The van der Waals surface area contributed by atoms with Gasteiger partial charge >= 0.3 is 5.97 Å². The van der Waals surface area contributed by atoms with E-state index in [4.69, 9.17) is 5.11 Å². The second-order valence-electron chi connectivity index (χ2n) is 1.44. The zero-order valence-corrected chi connectivity index (χ0v) is 5.40. The molecule has 0 aromatic heterocycles. The van der Waals surface area contributed by atoms with Crippen molar-refractivity contribution in [2.24, 2.45) is 4.99 Å². The molecule has 0 aromatic carbocycles. The maximum atomic E-state index is 10.5. The molecule has 0 heterocycles. The quantitative estimate of drug-likeness (QED) is 0.309. The van der Waals surface area contributed by atoms with Gasteiger partial charge in [-0.15, -0.1) is 0 Å². The number of carbonyl (C=O) groups is 1. The van der Waals surface area contributed by atoms with E-state index in [-0.39, 0.29) is 0 Å². The molecule has 0 aromatic rings. The van der Waals surface area contributed by atoms with Crippen LogP contribution in [0.1, 0.15) is 0 Å². The maximum absolute atomic E-state index is 10.5. The number of rotatable bonds is 3. The van der Waals surface area contributed by atoms with Gasteiger partial charge in [0.1, 0.15) is 0 Å². The lowest BCUT2D eigenvalue weighted by molar-refractivity contribution is -0.142. The minimum absolute atomic E-state index is 0.540. The Morgan fingerprint density at radius 2 is 2.50 bits per heavy atom. The van der Waals surface area contributed by atoms with Gasteiger partial charge < -0.3 is 9.84 Å². The zero-order chi connectivity index (χ0) is 7.98. The molecular weight excluding hydrogens is 138 g/mol. The molecule has 0 amide bonds. The third kappa shape index (κ3) is 2.39. The third-order valence-electron chi connectivity index (χ3n) is 0.855. The van der Waals surface area contributed by atoms with Gasteiger partial charge in [0.25, 0.3) is 0 Å². The van der Waals surface area contributed by atoms with Gasteiger partial charge in [0.15, 0.2) is 6.04 Å². The van der Waals surface area contributed by atoms with E-state index in [1.165, 1.54) is 0 Å². The van der Waals surface area contributed by atoms with Crippen molar-refractivity contribution in [2.45, 2.75) is 6.04 Å². The summed E-state index contributed by atoms with van der Waals surface area (Å²) in [6, 6.07) is -1.12. The Labute approximate surface area is 57.3 Å². The van der Waals surface area contributed by atoms with Gasteiger partial charge in [0, 0.05) is 0 Å². The summed E-state index contributed by atoms with van der Waals surface area (Å²) in [6.45, 7) is -0.540. The molecule has 0 saturated carbocycles. The van der Waals surface area contributed by atoms with Crippen LogP contribution in [-0.4, -0.2) is 36.9 Å². The zero-order valence-electron chi connectivity index (χ0n) is 5.40. The van der Waals surface area contributed by atoms with Gasteiger partial charge in [0.05, 0.1) is 13.7 Å². The molecule has 1 unspecified atom stereocenters. The fourth-order valence-corrected chi connectivity index (χ4v) is 0.368. The van der Waals surface area contributed by atoms with Gasteiger partial charge in [-0.25, -0.2) is 9.59 Å². The van der Waals surface area contributed by atoms with Crippen LogP contribution in [-0.2, 0) is 14.3 Å². The Morgan fingerprint density at radius 3 is 2.80 bits per heavy atom. The van der Waals surface area contributed by atoms with Crippen molar-refractivity contribution in [3.8, 4) is 0 Å². The summed E-state index contributed by atoms with van der Waals surface area (Å²) in [5, 5.41) is 8.39. The summed E-state index contributed by atoms with van der Waals surface area (Å²) < 4.78 is 4.18. The highest BCUT2D eigenvalue weighted by Crippen LogP contribution is 1.90. The average Bonchev–Trinajstić information content (AvgIpc) is 1.99. The maximum Gasteiger partial charge on any atom is 0.333 e. The van der Waals surface area contributed by atoms with E-state index >= 15 is 0 Å². The van der Waals surface area contributed by atoms with Crippen molar-refractivity contribution in [1.82, 2.24) is 0 Å². The molecular formula is C5H7NO4. The van der Waals surface area contributed by atoms with Crippen molar-refractivity contribution in [1.29, 1.82) is 0 Å². The summed E-state index contributed by atoms with van der Waals surface area (Å²) >= 11 is 0. The first-order valence-electron chi connectivity index (χ1n) is 2.52. The number of hydrogen-bond acceptors (Lipinski definition) is 5. The largest absolute Gasteiger partial charge is 0.467 e. The van der Waals surface area contributed by atoms with Gasteiger partial charge in [-0.05, 0) is 0 Å². The van der Waals surface area contributed by atoms with Crippen LogP contribution < -0.4 is 0 Å². The highest BCUT2D eigenvalue weighted by molar-refractivity contribution is 5.76. The molecule has 0 aliphatic carbocycles. The third-order valence-corrected chi connectivity index (χ3v) is 0.855. The van der Waals surface area contributed by atoms with Crippen molar-refractivity contribution >= 4 is 12.0 Å². The molecule has 0 saturated heterocycles. The molecule has 56 valence electrons. The van der Waals surface area contributed by atoms with Gasteiger partial charge in [0.2, 0.25) is 6.08 Å². The molecule has 0 spiro atoms. The lowest BCUT2D eigenvalue weighted by atomic mass is 10.3. The number of carbonyl (C=O) groups excluding carboxylic acids is 2. The first-order valence-corrected chi connectivity index (χ1v) is 2.52. The van der Waals surface area contributed by atoms with E-state index in [1.807, 2.05) is 0 Å². The van der Waals surface area contributed by atoms with Crippen LogP contribution >= 0.6 is 0 Å². The number of aliphatic hydroxyl groups excluding tert-OH is 1. The van der Waals surface area contributed by atoms with Crippen molar-refractivity contribution in [3.05, 3.63) is 0 Å². The Kier molecular flexibility index (Phi) is 4.11. The van der Waals surface area contributed by atoms with Gasteiger partial charge in [-0.2, -0.15) is 4.99 Å². The van der Waals surface area contributed by atoms with Crippen LogP contribution in [0.2, 0.25) is 0 Å².